The van der Waals surface area contributed by atoms with Crippen molar-refractivity contribution in [2.24, 2.45) is 0 Å². The molecule has 1 fully saturated rings. The number of nitrogens with one attached hydrogen (secondary N) is 1. The van der Waals surface area contributed by atoms with Gasteiger partial charge in [-0.05, 0) is 12.8 Å². The summed E-state index contributed by atoms with van der Waals surface area (Å²) in [7, 11) is -3.24. The van der Waals surface area contributed by atoms with E-state index in [1.165, 1.54) is 4.31 Å². The molecule has 0 spiro atoms. The van der Waals surface area contributed by atoms with Crippen LogP contribution in [0.2, 0.25) is 0 Å². The second-order valence-corrected chi connectivity index (χ2v) is 5.49. The molecular formula is C6H13BrN2O2S. The molecule has 0 radical (unpaired) electrons. The van der Waals surface area contributed by atoms with Crippen LogP contribution in [0, 0.1) is 0 Å². The van der Waals surface area contributed by atoms with Crippen LogP contribution in [-0.4, -0.2) is 25.8 Å². The molecule has 0 aliphatic carbocycles. The first-order valence-corrected chi connectivity index (χ1v) is 6.27. The first-order valence-electron chi connectivity index (χ1n) is 4.04. The molecule has 0 aromatic carbocycles. The van der Waals surface area contributed by atoms with Crippen LogP contribution in [0.1, 0.15) is 25.7 Å². The van der Waals surface area contributed by atoms with Crippen LogP contribution in [0.25, 0.3) is 0 Å². The van der Waals surface area contributed by atoms with E-state index in [0.717, 1.165) is 25.7 Å². The molecule has 0 amide bonds. The van der Waals surface area contributed by atoms with Crippen molar-refractivity contribution in [2.75, 3.05) is 13.1 Å². The minimum Gasteiger partial charge on any atom is -0.194 e. The van der Waals surface area contributed by atoms with Crippen molar-refractivity contribution < 1.29 is 8.42 Å². The van der Waals surface area contributed by atoms with Crippen molar-refractivity contribution in [3.8, 4) is 0 Å². The molecule has 1 N–H and O–H groups in total. The first kappa shape index (κ1) is 10.4. The predicted molar refractivity (Wildman–Crippen MR) is 51.0 cm³/mol. The third-order valence-electron chi connectivity index (χ3n) is 2.00. The Balaban J connectivity index is 2.60. The average Bonchev–Trinajstić information content (AvgIpc) is 2.32. The second-order valence-electron chi connectivity index (χ2n) is 2.90. The van der Waals surface area contributed by atoms with E-state index < -0.39 is 10.2 Å². The third-order valence-corrected chi connectivity index (χ3v) is 4.47. The van der Waals surface area contributed by atoms with Crippen LogP contribution in [0.4, 0.5) is 0 Å². The number of hydrogen-bond donors (Lipinski definition) is 1. The van der Waals surface area contributed by atoms with Crippen molar-refractivity contribution in [2.45, 2.75) is 25.7 Å². The lowest BCUT2D eigenvalue weighted by molar-refractivity contribution is 0.422. The number of nitrogens with zero attached hydrogens (tertiary/aromatic N) is 1. The van der Waals surface area contributed by atoms with Crippen LogP contribution in [-0.2, 0) is 10.2 Å². The zero-order valence-electron chi connectivity index (χ0n) is 6.79. The quantitative estimate of drug-likeness (QED) is 0.750. The monoisotopic (exact) mass is 256 g/mol. The Hall–Kier alpha value is 0.350. The fourth-order valence-electron chi connectivity index (χ4n) is 1.33. The second kappa shape index (κ2) is 4.55. The lowest BCUT2D eigenvalue weighted by Gasteiger charge is -2.17. The van der Waals surface area contributed by atoms with E-state index >= 15 is 0 Å². The molecule has 1 saturated heterocycles. The van der Waals surface area contributed by atoms with Crippen molar-refractivity contribution >= 4 is 26.4 Å². The number of halogens is 1. The van der Waals surface area contributed by atoms with E-state index in [0.29, 0.717) is 13.1 Å². The summed E-state index contributed by atoms with van der Waals surface area (Å²) in [5, 5.41) is 0. The standard InChI is InChI=1S/C6H13BrN2O2S/c7-8-12(10,11)9-5-3-1-2-4-6-9/h8H,1-6H2. The molecule has 72 valence electrons. The van der Waals surface area contributed by atoms with Gasteiger partial charge in [-0.3, -0.25) is 0 Å². The Morgan fingerprint density at radius 3 is 2.00 bits per heavy atom. The molecule has 1 rings (SSSR count). The summed E-state index contributed by atoms with van der Waals surface area (Å²) in [4.78, 5) is 0. The van der Waals surface area contributed by atoms with Gasteiger partial charge in [0.2, 0.25) is 0 Å². The highest BCUT2D eigenvalue weighted by molar-refractivity contribution is 9.09. The maximum atomic E-state index is 11.3. The molecule has 0 aromatic heterocycles. The molecule has 1 aliphatic heterocycles. The lowest BCUT2D eigenvalue weighted by atomic mass is 10.2. The smallest absolute Gasteiger partial charge is 0.194 e. The van der Waals surface area contributed by atoms with E-state index in [4.69, 9.17) is 0 Å². The summed E-state index contributed by atoms with van der Waals surface area (Å²) in [6.45, 7) is 1.28. The summed E-state index contributed by atoms with van der Waals surface area (Å²) >= 11 is 2.75. The van der Waals surface area contributed by atoms with E-state index in [2.05, 4.69) is 19.9 Å². The third kappa shape index (κ3) is 2.69. The van der Waals surface area contributed by atoms with Crippen LogP contribution < -0.4 is 3.75 Å². The Morgan fingerprint density at radius 1 is 1.08 bits per heavy atom. The minimum atomic E-state index is -3.24. The zero-order valence-corrected chi connectivity index (χ0v) is 9.20. The Bertz CT molecular complexity index is 222. The number of hydrogen-bond acceptors (Lipinski definition) is 2. The maximum absolute atomic E-state index is 11.3. The van der Waals surface area contributed by atoms with Gasteiger partial charge in [0.05, 0.1) is 0 Å². The van der Waals surface area contributed by atoms with Crippen LogP contribution in [0.3, 0.4) is 0 Å². The topological polar surface area (TPSA) is 49.4 Å². The molecule has 0 saturated carbocycles. The van der Waals surface area contributed by atoms with Gasteiger partial charge < -0.3 is 0 Å². The Morgan fingerprint density at radius 2 is 1.58 bits per heavy atom. The van der Waals surface area contributed by atoms with Gasteiger partial charge in [-0.25, -0.2) is 0 Å². The van der Waals surface area contributed by atoms with E-state index in [-0.39, 0.29) is 0 Å². The normalized spacial score (nSPS) is 22.1. The highest BCUT2D eigenvalue weighted by atomic mass is 79.9. The molecule has 1 heterocycles. The fraction of sp³-hybridized carbons (Fsp3) is 1.00. The van der Waals surface area contributed by atoms with Crippen molar-refractivity contribution in [1.82, 2.24) is 8.05 Å². The van der Waals surface area contributed by atoms with Crippen LogP contribution >= 0.6 is 16.1 Å². The number of rotatable bonds is 2. The van der Waals surface area contributed by atoms with Crippen molar-refractivity contribution in [3.05, 3.63) is 0 Å². The van der Waals surface area contributed by atoms with Gasteiger partial charge in [0, 0.05) is 29.2 Å². The molecule has 0 unspecified atom stereocenters. The molecule has 6 heteroatoms. The Kier molecular flexibility index (Phi) is 3.95. The SMILES string of the molecule is O=S(=O)(NBr)N1CCCCCC1. The largest absolute Gasteiger partial charge is 0.289 e. The highest BCUT2D eigenvalue weighted by Gasteiger charge is 2.21. The molecule has 0 aromatic rings. The predicted octanol–water partition coefficient (Wildman–Crippen LogP) is 1.01. The summed E-state index contributed by atoms with van der Waals surface area (Å²) < 4.78 is 26.2. The van der Waals surface area contributed by atoms with Crippen molar-refractivity contribution in [1.29, 1.82) is 0 Å². The fourth-order valence-corrected chi connectivity index (χ4v) is 2.78. The minimum absolute atomic E-state index is 0.640. The van der Waals surface area contributed by atoms with Gasteiger partial charge in [0.25, 0.3) is 10.2 Å². The van der Waals surface area contributed by atoms with Gasteiger partial charge >= 0.3 is 0 Å². The molecular weight excluding hydrogens is 244 g/mol. The lowest BCUT2D eigenvalue weighted by Crippen LogP contribution is -2.37. The molecule has 1 aliphatic rings. The van der Waals surface area contributed by atoms with Crippen LogP contribution in [0.5, 0.6) is 0 Å². The highest BCUT2D eigenvalue weighted by Crippen LogP contribution is 2.12. The summed E-state index contributed by atoms with van der Waals surface area (Å²) in [5.74, 6) is 0. The summed E-state index contributed by atoms with van der Waals surface area (Å²) in [6, 6.07) is 0. The van der Waals surface area contributed by atoms with Gasteiger partial charge in [-0.2, -0.15) is 12.7 Å². The zero-order chi connectivity index (χ0) is 9.03. The van der Waals surface area contributed by atoms with Gasteiger partial charge in [0.1, 0.15) is 0 Å². The van der Waals surface area contributed by atoms with E-state index in [1.54, 1.807) is 0 Å². The van der Waals surface area contributed by atoms with Crippen LogP contribution in [0.15, 0.2) is 0 Å². The maximum Gasteiger partial charge on any atom is 0.289 e. The van der Waals surface area contributed by atoms with Gasteiger partial charge in [-0.15, -0.1) is 3.75 Å². The van der Waals surface area contributed by atoms with E-state index in [9.17, 15) is 8.42 Å². The molecule has 0 atom stereocenters. The van der Waals surface area contributed by atoms with E-state index in [1.807, 2.05) is 0 Å². The average molecular weight is 257 g/mol. The summed E-state index contributed by atoms with van der Waals surface area (Å²) in [6.07, 6.45) is 4.20. The van der Waals surface area contributed by atoms with Crippen molar-refractivity contribution in [3.63, 3.8) is 0 Å². The van der Waals surface area contributed by atoms with Gasteiger partial charge in [-0.1, -0.05) is 12.8 Å². The molecule has 4 nitrogen and oxygen atoms in total. The van der Waals surface area contributed by atoms with Gasteiger partial charge in [0.15, 0.2) is 0 Å². The summed E-state index contributed by atoms with van der Waals surface area (Å²) in [5.41, 5.74) is 0. The first-order chi connectivity index (χ1) is 5.67. The molecule has 12 heavy (non-hydrogen) atoms. The molecule has 0 bridgehead atoms. The Labute approximate surface area is 81.8 Å².